The summed E-state index contributed by atoms with van der Waals surface area (Å²) in [6.07, 6.45) is 11.1. The van der Waals surface area contributed by atoms with Crippen molar-refractivity contribution in [3.63, 3.8) is 0 Å². The molecule has 184 valence electrons. The molecule has 0 radical (unpaired) electrons. The lowest BCUT2D eigenvalue weighted by Gasteiger charge is -2.41. The number of amides is 2. The van der Waals surface area contributed by atoms with Crippen molar-refractivity contribution >= 4 is 40.6 Å². The van der Waals surface area contributed by atoms with Gasteiger partial charge in [-0.3, -0.25) is 4.79 Å². The van der Waals surface area contributed by atoms with Crippen molar-refractivity contribution in [2.45, 2.75) is 6.42 Å². The number of rotatable bonds is 4. The average molecular weight is 525 g/mol. The fourth-order valence-corrected chi connectivity index (χ4v) is 6.98. The van der Waals surface area contributed by atoms with Crippen molar-refractivity contribution in [2.75, 3.05) is 23.4 Å². The van der Waals surface area contributed by atoms with E-state index in [0.29, 0.717) is 23.4 Å². The van der Waals surface area contributed by atoms with E-state index in [4.69, 9.17) is 0 Å². The van der Waals surface area contributed by atoms with E-state index >= 15 is 0 Å². The van der Waals surface area contributed by atoms with Gasteiger partial charge >= 0.3 is 5.91 Å². The van der Waals surface area contributed by atoms with Crippen LogP contribution in [-0.4, -0.2) is 34.3 Å². The molecule has 1 atom stereocenters. The van der Waals surface area contributed by atoms with Crippen molar-refractivity contribution in [2.24, 2.45) is 0 Å². The molecule has 5 nitrogen and oxygen atoms in total. The van der Waals surface area contributed by atoms with Crippen LogP contribution >= 0.6 is 23.1 Å². The monoisotopic (exact) mass is 524 g/mol. The molecule has 3 aromatic rings. The Morgan fingerprint density at radius 2 is 1.84 bits per heavy atom. The SMILES string of the molecule is O=C(Nc1ccc(C(=O)[N+]23CCSCC2=CNC=C2CC=CC=C23)cc1)c1ccccc1-c1cccs1. The molecule has 2 aliphatic heterocycles. The Morgan fingerprint density at radius 3 is 2.68 bits per heavy atom. The Kier molecular flexibility index (Phi) is 6.42. The highest BCUT2D eigenvalue weighted by Crippen LogP contribution is 2.41. The third kappa shape index (κ3) is 4.29. The topological polar surface area (TPSA) is 58.2 Å². The number of nitrogens with zero attached hydrogens (tertiary/aromatic N) is 1. The molecule has 1 aliphatic carbocycles. The predicted octanol–water partition coefficient (Wildman–Crippen LogP) is 6.54. The molecule has 1 fully saturated rings. The highest BCUT2D eigenvalue weighted by molar-refractivity contribution is 7.99. The largest absolute Gasteiger partial charge is 0.363 e. The molecule has 0 spiro atoms. The molecule has 2 N–H and O–H groups in total. The quantitative estimate of drug-likeness (QED) is 0.380. The summed E-state index contributed by atoms with van der Waals surface area (Å²) in [6, 6.07) is 18.9. The molecule has 1 aromatic heterocycles. The standard InChI is InChI=1S/C30H25N3O2S2/c34-29(26-8-3-2-7-25(26)28-10-5-16-37-28)32-23-13-11-21(12-14-23)30(35)33-15-17-36-20-24(33)19-31-18-22-6-1-4-9-27(22)33/h1-5,7-14,16,18-19,31H,6,15,17,20H2/p+1. The van der Waals surface area contributed by atoms with Crippen LogP contribution in [0.15, 0.2) is 114 Å². The first-order chi connectivity index (χ1) is 18.2. The van der Waals surface area contributed by atoms with E-state index in [2.05, 4.69) is 28.9 Å². The van der Waals surface area contributed by atoms with E-state index in [9.17, 15) is 9.59 Å². The number of carbonyl (C=O) groups excluding carboxylic acids is 2. The smallest absolute Gasteiger partial charge is 0.355 e. The van der Waals surface area contributed by atoms with Crippen LogP contribution < -0.4 is 10.6 Å². The Bertz CT molecular complexity index is 1480. The molecule has 0 saturated carbocycles. The third-order valence-electron chi connectivity index (χ3n) is 6.98. The van der Waals surface area contributed by atoms with Gasteiger partial charge in [-0.2, -0.15) is 4.48 Å². The maximum absolute atomic E-state index is 14.2. The number of benzene rings is 2. The number of carbonyl (C=O) groups is 2. The normalized spacial score (nSPS) is 20.3. The van der Waals surface area contributed by atoms with E-state index in [1.165, 1.54) is 0 Å². The fourth-order valence-electron chi connectivity index (χ4n) is 5.15. The summed E-state index contributed by atoms with van der Waals surface area (Å²) in [4.78, 5) is 28.4. The number of fused-ring (bicyclic) bond motifs is 3. The van der Waals surface area contributed by atoms with Gasteiger partial charge in [-0.1, -0.05) is 36.4 Å². The van der Waals surface area contributed by atoms with Gasteiger partial charge in [-0.05, 0) is 48.2 Å². The Hall–Kier alpha value is -3.65. The van der Waals surface area contributed by atoms with Crippen LogP contribution in [0.4, 0.5) is 5.69 Å². The second kappa shape index (κ2) is 10.0. The molecule has 1 unspecified atom stereocenters. The predicted molar refractivity (Wildman–Crippen MR) is 152 cm³/mol. The maximum Gasteiger partial charge on any atom is 0.355 e. The van der Waals surface area contributed by atoms with E-state index in [0.717, 1.165) is 45.3 Å². The summed E-state index contributed by atoms with van der Waals surface area (Å²) in [5, 5.41) is 8.33. The number of hydrogen-bond acceptors (Lipinski definition) is 5. The number of quaternary nitrogens is 1. The highest BCUT2D eigenvalue weighted by atomic mass is 32.2. The van der Waals surface area contributed by atoms with Crippen LogP contribution in [0.3, 0.4) is 0 Å². The zero-order chi connectivity index (χ0) is 25.2. The van der Waals surface area contributed by atoms with Crippen molar-refractivity contribution in [1.29, 1.82) is 0 Å². The van der Waals surface area contributed by atoms with Gasteiger partial charge in [0.05, 0.1) is 17.5 Å². The van der Waals surface area contributed by atoms with Gasteiger partial charge in [0.25, 0.3) is 5.91 Å². The van der Waals surface area contributed by atoms with Crippen LogP contribution in [0.5, 0.6) is 0 Å². The van der Waals surface area contributed by atoms with Gasteiger partial charge in [-0.25, -0.2) is 4.79 Å². The molecule has 7 heteroatoms. The lowest BCUT2D eigenvalue weighted by Crippen LogP contribution is -2.55. The van der Waals surface area contributed by atoms with E-state index in [-0.39, 0.29) is 16.3 Å². The van der Waals surface area contributed by atoms with Crippen molar-refractivity contribution in [1.82, 2.24) is 5.32 Å². The van der Waals surface area contributed by atoms with Crippen LogP contribution in [0.1, 0.15) is 27.1 Å². The second-order valence-corrected chi connectivity index (χ2v) is 11.2. The second-order valence-electron chi connectivity index (χ2n) is 9.10. The zero-order valence-corrected chi connectivity index (χ0v) is 21.8. The minimum absolute atomic E-state index is 0.0589. The van der Waals surface area contributed by atoms with Crippen molar-refractivity contribution in [3.8, 4) is 10.4 Å². The molecule has 3 aliphatic rings. The first-order valence-corrected chi connectivity index (χ1v) is 14.3. The number of nitrogens with one attached hydrogen (secondary N) is 2. The van der Waals surface area contributed by atoms with Gasteiger partial charge in [0.2, 0.25) is 0 Å². The number of allylic oxidation sites excluding steroid dienone is 4. The van der Waals surface area contributed by atoms with Crippen LogP contribution in [-0.2, 0) is 0 Å². The lowest BCUT2D eigenvalue weighted by molar-refractivity contribution is -0.766. The minimum Gasteiger partial charge on any atom is -0.363 e. The number of thioether (sulfide) groups is 1. The molecular weight excluding hydrogens is 498 g/mol. The number of thiophene rings is 1. The molecule has 2 aromatic carbocycles. The molecule has 1 saturated heterocycles. The number of hydrogen-bond donors (Lipinski definition) is 2. The molecule has 2 amide bonds. The van der Waals surface area contributed by atoms with E-state index < -0.39 is 0 Å². The van der Waals surface area contributed by atoms with Gasteiger partial charge in [0.15, 0.2) is 5.70 Å². The van der Waals surface area contributed by atoms with Crippen LogP contribution in [0.2, 0.25) is 0 Å². The summed E-state index contributed by atoms with van der Waals surface area (Å²) in [5.74, 6) is 1.60. The first-order valence-electron chi connectivity index (χ1n) is 12.2. The lowest BCUT2D eigenvalue weighted by atomic mass is 9.99. The summed E-state index contributed by atoms with van der Waals surface area (Å²) in [6.45, 7) is 0.714. The van der Waals surface area contributed by atoms with Crippen molar-refractivity contribution in [3.05, 3.63) is 125 Å². The third-order valence-corrected chi connectivity index (χ3v) is 8.86. The number of anilines is 1. The summed E-state index contributed by atoms with van der Waals surface area (Å²) in [7, 11) is 0. The molecular formula is C30H26N3O2S2+. The van der Waals surface area contributed by atoms with E-state index in [1.807, 2.05) is 90.2 Å². The van der Waals surface area contributed by atoms with Gasteiger partial charge < -0.3 is 10.6 Å². The van der Waals surface area contributed by atoms with Gasteiger partial charge in [0.1, 0.15) is 12.2 Å². The Morgan fingerprint density at radius 1 is 0.973 bits per heavy atom. The molecule has 0 bridgehead atoms. The maximum atomic E-state index is 14.2. The average Bonchev–Trinajstić information content (AvgIpc) is 3.43. The minimum atomic E-state index is -0.171. The van der Waals surface area contributed by atoms with Gasteiger partial charge in [-0.15, -0.1) is 23.1 Å². The summed E-state index contributed by atoms with van der Waals surface area (Å²) >= 11 is 3.46. The summed E-state index contributed by atoms with van der Waals surface area (Å²) in [5.41, 5.74) is 6.08. The van der Waals surface area contributed by atoms with Crippen molar-refractivity contribution < 1.29 is 14.1 Å². The summed E-state index contributed by atoms with van der Waals surface area (Å²) < 4.78 is 0.218. The Labute approximate surface area is 224 Å². The zero-order valence-electron chi connectivity index (χ0n) is 20.1. The van der Waals surface area contributed by atoms with Gasteiger partial charge in [0, 0.05) is 45.3 Å². The van der Waals surface area contributed by atoms with Crippen LogP contribution in [0, 0.1) is 0 Å². The molecule has 37 heavy (non-hydrogen) atoms. The van der Waals surface area contributed by atoms with E-state index in [1.54, 1.807) is 11.3 Å². The Balaban J connectivity index is 1.28. The first kappa shape index (κ1) is 23.7. The fraction of sp³-hybridized carbons (Fsp3) is 0.133. The molecule has 3 heterocycles. The highest BCUT2D eigenvalue weighted by Gasteiger charge is 2.49. The molecule has 6 rings (SSSR count). The van der Waals surface area contributed by atoms with Crippen LogP contribution in [0.25, 0.3) is 10.4 Å².